The molecule has 5 heteroatoms. The third kappa shape index (κ3) is 4.62. The molecule has 1 saturated heterocycles. The van der Waals surface area contributed by atoms with E-state index < -0.39 is 0 Å². The van der Waals surface area contributed by atoms with Crippen LogP contribution in [-0.2, 0) is 9.53 Å². The Kier molecular flexibility index (Phi) is 5.61. The molecule has 138 valence electrons. The predicted molar refractivity (Wildman–Crippen MR) is 113 cm³/mol. The average Bonchev–Trinajstić information content (AvgIpc) is 2.73. The molecule has 3 aromatic carbocycles. The standard InChI is InChI=1S/C22H22N2O2S/c25-22(16-27-21-9-8-17-4-1-2-5-18(17)14-21)23-19-6-3-7-20(15-19)24-10-12-26-13-11-24/h1-9,14-15H,10-13,16H2,(H,23,25). The summed E-state index contributed by atoms with van der Waals surface area (Å²) in [5, 5.41) is 5.42. The lowest BCUT2D eigenvalue weighted by Gasteiger charge is -2.29. The van der Waals surface area contributed by atoms with E-state index in [-0.39, 0.29) is 5.91 Å². The van der Waals surface area contributed by atoms with Gasteiger partial charge in [-0.1, -0.05) is 36.4 Å². The number of hydrogen-bond acceptors (Lipinski definition) is 4. The zero-order valence-electron chi connectivity index (χ0n) is 15.1. The third-order valence-electron chi connectivity index (χ3n) is 4.60. The van der Waals surface area contributed by atoms with Crippen molar-refractivity contribution >= 4 is 39.8 Å². The first-order chi connectivity index (χ1) is 13.3. The Balaban J connectivity index is 1.36. The van der Waals surface area contributed by atoms with Gasteiger partial charge in [-0.3, -0.25) is 4.79 Å². The van der Waals surface area contributed by atoms with E-state index in [0.29, 0.717) is 5.75 Å². The Labute approximate surface area is 163 Å². The van der Waals surface area contributed by atoms with Crippen molar-refractivity contribution in [1.29, 1.82) is 0 Å². The molecule has 0 unspecified atom stereocenters. The van der Waals surface area contributed by atoms with Crippen LogP contribution in [-0.4, -0.2) is 38.0 Å². The van der Waals surface area contributed by atoms with E-state index in [1.54, 1.807) is 11.8 Å². The maximum absolute atomic E-state index is 12.4. The van der Waals surface area contributed by atoms with E-state index in [0.717, 1.165) is 42.6 Å². The number of anilines is 2. The lowest BCUT2D eigenvalue weighted by atomic mass is 10.1. The fourth-order valence-corrected chi connectivity index (χ4v) is 3.95. The number of rotatable bonds is 5. The highest BCUT2D eigenvalue weighted by Gasteiger charge is 2.12. The SMILES string of the molecule is O=C(CSc1ccc2ccccc2c1)Nc1cccc(N2CCOCC2)c1. The number of morpholine rings is 1. The van der Waals surface area contributed by atoms with Gasteiger partial charge in [-0.15, -0.1) is 11.8 Å². The van der Waals surface area contributed by atoms with Crippen LogP contribution in [0, 0.1) is 0 Å². The molecular weight excluding hydrogens is 356 g/mol. The van der Waals surface area contributed by atoms with Crippen molar-refractivity contribution in [2.24, 2.45) is 0 Å². The Morgan fingerprint density at radius 2 is 1.78 bits per heavy atom. The number of thioether (sulfide) groups is 1. The van der Waals surface area contributed by atoms with E-state index >= 15 is 0 Å². The van der Waals surface area contributed by atoms with Crippen LogP contribution >= 0.6 is 11.8 Å². The van der Waals surface area contributed by atoms with Crippen LogP contribution in [0.3, 0.4) is 0 Å². The molecule has 4 rings (SSSR count). The molecule has 0 aromatic heterocycles. The number of carbonyl (C=O) groups excluding carboxylic acids is 1. The summed E-state index contributed by atoms with van der Waals surface area (Å²) in [7, 11) is 0. The van der Waals surface area contributed by atoms with Gasteiger partial charge in [-0.25, -0.2) is 0 Å². The van der Waals surface area contributed by atoms with Gasteiger partial charge >= 0.3 is 0 Å². The lowest BCUT2D eigenvalue weighted by molar-refractivity contribution is -0.113. The van der Waals surface area contributed by atoms with Gasteiger partial charge in [-0.2, -0.15) is 0 Å². The highest BCUT2D eigenvalue weighted by Crippen LogP contribution is 2.24. The Hall–Kier alpha value is -2.50. The monoisotopic (exact) mass is 378 g/mol. The summed E-state index contributed by atoms with van der Waals surface area (Å²) in [4.78, 5) is 15.8. The first-order valence-electron chi connectivity index (χ1n) is 9.12. The molecule has 1 fully saturated rings. The number of hydrogen-bond donors (Lipinski definition) is 1. The van der Waals surface area contributed by atoms with Gasteiger partial charge in [0.1, 0.15) is 0 Å². The molecule has 0 bridgehead atoms. The molecule has 27 heavy (non-hydrogen) atoms. The van der Waals surface area contributed by atoms with Crippen molar-refractivity contribution in [3.8, 4) is 0 Å². The molecule has 0 radical (unpaired) electrons. The summed E-state index contributed by atoms with van der Waals surface area (Å²) in [6.07, 6.45) is 0. The first-order valence-corrected chi connectivity index (χ1v) is 10.1. The van der Waals surface area contributed by atoms with Crippen LogP contribution < -0.4 is 10.2 Å². The quantitative estimate of drug-likeness (QED) is 0.668. The number of nitrogens with zero attached hydrogens (tertiary/aromatic N) is 1. The molecule has 0 aliphatic carbocycles. The van der Waals surface area contributed by atoms with Crippen molar-refractivity contribution in [2.45, 2.75) is 4.90 Å². The fourth-order valence-electron chi connectivity index (χ4n) is 3.21. The van der Waals surface area contributed by atoms with Gasteiger partial charge < -0.3 is 15.0 Å². The van der Waals surface area contributed by atoms with Crippen molar-refractivity contribution in [1.82, 2.24) is 0 Å². The van der Waals surface area contributed by atoms with E-state index in [2.05, 4.69) is 46.6 Å². The predicted octanol–water partition coefficient (Wildman–Crippen LogP) is 4.41. The smallest absolute Gasteiger partial charge is 0.234 e. The van der Waals surface area contributed by atoms with Gasteiger partial charge in [0.15, 0.2) is 0 Å². The van der Waals surface area contributed by atoms with Crippen LogP contribution in [0.4, 0.5) is 11.4 Å². The van der Waals surface area contributed by atoms with Crippen LogP contribution in [0.1, 0.15) is 0 Å². The minimum absolute atomic E-state index is 0.00675. The van der Waals surface area contributed by atoms with E-state index in [4.69, 9.17) is 4.74 Å². The maximum Gasteiger partial charge on any atom is 0.234 e. The minimum atomic E-state index is 0.00675. The van der Waals surface area contributed by atoms with Gasteiger partial charge in [0.05, 0.1) is 19.0 Å². The summed E-state index contributed by atoms with van der Waals surface area (Å²) in [6, 6.07) is 22.6. The number of nitrogens with one attached hydrogen (secondary N) is 1. The van der Waals surface area contributed by atoms with Crippen LogP contribution in [0.5, 0.6) is 0 Å². The Bertz CT molecular complexity index is 938. The molecule has 1 amide bonds. The molecule has 0 saturated carbocycles. The highest BCUT2D eigenvalue weighted by atomic mass is 32.2. The number of ether oxygens (including phenoxy) is 1. The molecule has 4 nitrogen and oxygen atoms in total. The van der Waals surface area contributed by atoms with Crippen LogP contribution in [0.2, 0.25) is 0 Å². The van der Waals surface area contributed by atoms with E-state index in [1.807, 2.05) is 30.3 Å². The zero-order chi connectivity index (χ0) is 18.5. The summed E-state index contributed by atoms with van der Waals surface area (Å²) >= 11 is 1.56. The summed E-state index contributed by atoms with van der Waals surface area (Å²) in [6.45, 7) is 3.27. The molecular formula is C22H22N2O2S. The second kappa shape index (κ2) is 8.46. The van der Waals surface area contributed by atoms with Gasteiger partial charge in [0, 0.05) is 29.4 Å². The summed E-state index contributed by atoms with van der Waals surface area (Å²) in [5.74, 6) is 0.396. The van der Waals surface area contributed by atoms with Crippen molar-refractivity contribution < 1.29 is 9.53 Å². The molecule has 1 aliphatic rings. The van der Waals surface area contributed by atoms with Crippen molar-refractivity contribution in [3.05, 3.63) is 66.7 Å². The Morgan fingerprint density at radius 3 is 2.63 bits per heavy atom. The summed E-state index contributed by atoms with van der Waals surface area (Å²) < 4.78 is 5.40. The van der Waals surface area contributed by atoms with Gasteiger partial charge in [0.2, 0.25) is 5.91 Å². The summed E-state index contributed by atoms with van der Waals surface area (Å²) in [5.41, 5.74) is 1.96. The van der Waals surface area contributed by atoms with Gasteiger partial charge in [-0.05, 0) is 41.1 Å². The largest absolute Gasteiger partial charge is 0.378 e. The molecule has 0 atom stereocenters. The number of fused-ring (bicyclic) bond motifs is 1. The number of amides is 1. The second-order valence-corrected chi connectivity index (χ2v) is 7.54. The lowest BCUT2D eigenvalue weighted by Crippen LogP contribution is -2.36. The average molecular weight is 378 g/mol. The minimum Gasteiger partial charge on any atom is -0.378 e. The maximum atomic E-state index is 12.4. The topological polar surface area (TPSA) is 41.6 Å². The van der Waals surface area contributed by atoms with Crippen molar-refractivity contribution in [3.63, 3.8) is 0 Å². The van der Waals surface area contributed by atoms with Crippen molar-refractivity contribution in [2.75, 3.05) is 42.3 Å². The second-order valence-electron chi connectivity index (χ2n) is 6.50. The van der Waals surface area contributed by atoms with E-state index in [1.165, 1.54) is 10.8 Å². The fraction of sp³-hybridized carbons (Fsp3) is 0.227. The molecule has 1 heterocycles. The van der Waals surface area contributed by atoms with Crippen LogP contribution in [0.25, 0.3) is 10.8 Å². The van der Waals surface area contributed by atoms with Gasteiger partial charge in [0.25, 0.3) is 0 Å². The normalized spacial score (nSPS) is 14.3. The number of benzene rings is 3. The first kappa shape index (κ1) is 17.9. The molecule has 3 aromatic rings. The molecule has 1 N–H and O–H groups in total. The highest BCUT2D eigenvalue weighted by molar-refractivity contribution is 8.00. The molecule has 0 spiro atoms. The van der Waals surface area contributed by atoms with Crippen LogP contribution in [0.15, 0.2) is 71.6 Å². The Morgan fingerprint density at radius 1 is 0.963 bits per heavy atom. The van der Waals surface area contributed by atoms with E-state index in [9.17, 15) is 4.79 Å². The molecule has 1 aliphatic heterocycles. The zero-order valence-corrected chi connectivity index (χ0v) is 15.9. The third-order valence-corrected chi connectivity index (χ3v) is 5.59. The number of carbonyl (C=O) groups is 1.